The first-order chi connectivity index (χ1) is 3.92. The molecule has 0 aromatic heterocycles. The van der Waals surface area contributed by atoms with E-state index in [9.17, 15) is 0 Å². The standard InChI is InChI=1S/C8H17S/c1-7(2)6-9-8(3,4)5/h6H2,1-5H3. The molecule has 0 N–H and O–H groups in total. The van der Waals surface area contributed by atoms with E-state index < -0.39 is 0 Å². The fraction of sp³-hybridized carbons (Fsp3) is 0.875. The summed E-state index contributed by atoms with van der Waals surface area (Å²) in [6, 6.07) is 0. The van der Waals surface area contributed by atoms with Crippen molar-refractivity contribution in [1.82, 2.24) is 0 Å². The predicted octanol–water partition coefficient (Wildman–Crippen LogP) is 3.13. The Morgan fingerprint density at radius 1 is 1.22 bits per heavy atom. The molecule has 0 aliphatic rings. The zero-order valence-corrected chi connectivity index (χ0v) is 7.93. The van der Waals surface area contributed by atoms with Gasteiger partial charge >= 0.3 is 0 Å². The third kappa shape index (κ3) is 8.35. The zero-order chi connectivity index (χ0) is 7.49. The first kappa shape index (κ1) is 9.35. The normalized spacial score (nSPS) is 12.7. The highest BCUT2D eigenvalue weighted by molar-refractivity contribution is 8.00. The Labute approximate surface area is 63.4 Å². The van der Waals surface area contributed by atoms with Gasteiger partial charge in [0.15, 0.2) is 0 Å². The molecule has 0 unspecified atom stereocenters. The van der Waals surface area contributed by atoms with Crippen molar-refractivity contribution in [2.24, 2.45) is 0 Å². The molecule has 0 heterocycles. The summed E-state index contributed by atoms with van der Waals surface area (Å²) in [4.78, 5) is 0. The van der Waals surface area contributed by atoms with Gasteiger partial charge in [-0.25, -0.2) is 0 Å². The minimum absolute atomic E-state index is 0.428. The number of thioether (sulfide) groups is 1. The van der Waals surface area contributed by atoms with Crippen molar-refractivity contribution in [1.29, 1.82) is 0 Å². The van der Waals surface area contributed by atoms with E-state index in [1.165, 1.54) is 11.7 Å². The lowest BCUT2D eigenvalue weighted by Gasteiger charge is -2.18. The number of rotatable bonds is 2. The van der Waals surface area contributed by atoms with E-state index in [1.807, 2.05) is 11.8 Å². The largest absolute Gasteiger partial charge is 0.155 e. The lowest BCUT2D eigenvalue weighted by atomic mass is 10.2. The average Bonchev–Trinajstić information content (AvgIpc) is 1.59. The number of hydrogen-bond acceptors (Lipinski definition) is 1. The van der Waals surface area contributed by atoms with E-state index in [1.54, 1.807) is 0 Å². The summed E-state index contributed by atoms with van der Waals surface area (Å²) in [6.45, 7) is 11.1. The summed E-state index contributed by atoms with van der Waals surface area (Å²) in [6.07, 6.45) is 0. The van der Waals surface area contributed by atoms with E-state index in [0.29, 0.717) is 4.75 Å². The topological polar surface area (TPSA) is 0 Å². The Hall–Kier alpha value is 0.350. The Balaban J connectivity index is 3.28. The van der Waals surface area contributed by atoms with Crippen LogP contribution in [0.1, 0.15) is 34.6 Å². The molecule has 0 saturated carbocycles. The predicted molar refractivity (Wildman–Crippen MR) is 46.8 cm³/mol. The van der Waals surface area contributed by atoms with Crippen LogP contribution < -0.4 is 0 Å². The van der Waals surface area contributed by atoms with E-state index in [2.05, 4.69) is 34.6 Å². The molecule has 0 aliphatic carbocycles. The van der Waals surface area contributed by atoms with Gasteiger partial charge in [0.2, 0.25) is 0 Å². The molecule has 0 fully saturated rings. The first-order valence-electron chi connectivity index (χ1n) is 3.35. The molecule has 0 atom stereocenters. The van der Waals surface area contributed by atoms with Crippen molar-refractivity contribution in [3.63, 3.8) is 0 Å². The van der Waals surface area contributed by atoms with Crippen LogP contribution >= 0.6 is 11.8 Å². The molecule has 0 amide bonds. The molecular weight excluding hydrogens is 128 g/mol. The summed E-state index contributed by atoms with van der Waals surface area (Å²) in [7, 11) is 0. The van der Waals surface area contributed by atoms with Crippen molar-refractivity contribution in [2.75, 3.05) is 5.75 Å². The maximum atomic E-state index is 2.25. The molecular formula is C8H17S. The first-order valence-corrected chi connectivity index (χ1v) is 4.33. The molecule has 0 aliphatic heterocycles. The van der Waals surface area contributed by atoms with Crippen LogP contribution in [0.15, 0.2) is 0 Å². The Bertz CT molecular complexity index is 69.1. The highest BCUT2D eigenvalue weighted by Gasteiger charge is 2.10. The van der Waals surface area contributed by atoms with Gasteiger partial charge in [0.1, 0.15) is 0 Å². The van der Waals surface area contributed by atoms with Crippen LogP contribution in [0.5, 0.6) is 0 Å². The van der Waals surface area contributed by atoms with Crippen LogP contribution in [0.3, 0.4) is 0 Å². The van der Waals surface area contributed by atoms with Gasteiger partial charge in [0.05, 0.1) is 0 Å². The summed E-state index contributed by atoms with van der Waals surface area (Å²) in [5.74, 6) is 2.71. The van der Waals surface area contributed by atoms with Crippen LogP contribution in [0.2, 0.25) is 0 Å². The van der Waals surface area contributed by atoms with Crippen molar-refractivity contribution in [2.45, 2.75) is 39.4 Å². The van der Waals surface area contributed by atoms with Crippen molar-refractivity contribution < 1.29 is 0 Å². The molecule has 55 valence electrons. The molecule has 0 rings (SSSR count). The molecule has 1 radical (unpaired) electrons. The van der Waals surface area contributed by atoms with Gasteiger partial charge in [-0.2, -0.15) is 11.8 Å². The van der Waals surface area contributed by atoms with Crippen LogP contribution in [-0.2, 0) is 0 Å². The van der Waals surface area contributed by atoms with Crippen LogP contribution in [0, 0.1) is 5.92 Å². The Morgan fingerprint density at radius 2 is 1.67 bits per heavy atom. The minimum Gasteiger partial charge on any atom is -0.155 e. The van der Waals surface area contributed by atoms with Gasteiger partial charge in [-0.05, 0) is 11.7 Å². The van der Waals surface area contributed by atoms with Crippen LogP contribution in [-0.4, -0.2) is 10.5 Å². The lowest BCUT2D eigenvalue weighted by molar-refractivity contribution is 0.802. The highest BCUT2D eigenvalue weighted by Crippen LogP contribution is 2.25. The molecule has 0 aromatic carbocycles. The molecule has 0 bridgehead atoms. The molecule has 0 nitrogen and oxygen atoms in total. The molecule has 9 heavy (non-hydrogen) atoms. The second-order valence-corrected chi connectivity index (χ2v) is 5.41. The Morgan fingerprint density at radius 3 is 1.78 bits per heavy atom. The average molecular weight is 145 g/mol. The van der Waals surface area contributed by atoms with Gasteiger partial charge in [-0.15, -0.1) is 0 Å². The SMILES string of the molecule is C[C](C)CSC(C)(C)C. The second-order valence-electron chi connectivity index (χ2n) is 3.61. The van der Waals surface area contributed by atoms with Gasteiger partial charge in [0, 0.05) is 4.75 Å². The summed E-state index contributed by atoms with van der Waals surface area (Å²) < 4.78 is 0.428. The summed E-state index contributed by atoms with van der Waals surface area (Å²) >= 11 is 2.00. The molecule has 0 aromatic rings. The fourth-order valence-corrected chi connectivity index (χ4v) is 1.08. The van der Waals surface area contributed by atoms with Crippen molar-refractivity contribution in [3.8, 4) is 0 Å². The minimum atomic E-state index is 0.428. The van der Waals surface area contributed by atoms with E-state index in [-0.39, 0.29) is 0 Å². The smallest absolute Gasteiger partial charge is 0.00753 e. The molecule has 0 spiro atoms. The van der Waals surface area contributed by atoms with Crippen LogP contribution in [0.4, 0.5) is 0 Å². The van der Waals surface area contributed by atoms with Gasteiger partial charge in [-0.1, -0.05) is 34.6 Å². The highest BCUT2D eigenvalue weighted by atomic mass is 32.2. The van der Waals surface area contributed by atoms with Crippen molar-refractivity contribution in [3.05, 3.63) is 5.92 Å². The van der Waals surface area contributed by atoms with Gasteiger partial charge in [0.25, 0.3) is 0 Å². The summed E-state index contributed by atoms with van der Waals surface area (Å²) in [5.41, 5.74) is 0. The van der Waals surface area contributed by atoms with E-state index in [0.717, 1.165) is 0 Å². The third-order valence-electron chi connectivity index (χ3n) is 0.794. The summed E-state index contributed by atoms with van der Waals surface area (Å²) in [5, 5.41) is 0. The van der Waals surface area contributed by atoms with E-state index in [4.69, 9.17) is 0 Å². The molecule has 0 saturated heterocycles. The maximum Gasteiger partial charge on any atom is 0.00753 e. The maximum absolute atomic E-state index is 2.25. The fourth-order valence-electron chi connectivity index (χ4n) is 0.361. The lowest BCUT2D eigenvalue weighted by Crippen LogP contribution is -2.09. The monoisotopic (exact) mass is 145 g/mol. The van der Waals surface area contributed by atoms with Crippen LogP contribution in [0.25, 0.3) is 0 Å². The zero-order valence-electron chi connectivity index (χ0n) is 7.12. The van der Waals surface area contributed by atoms with Crippen molar-refractivity contribution >= 4 is 11.8 Å². The van der Waals surface area contributed by atoms with Gasteiger partial charge in [-0.3, -0.25) is 0 Å². The van der Waals surface area contributed by atoms with E-state index >= 15 is 0 Å². The number of hydrogen-bond donors (Lipinski definition) is 0. The Kier molecular flexibility index (Phi) is 3.64. The third-order valence-corrected chi connectivity index (χ3v) is 2.38. The molecule has 1 heteroatoms. The second kappa shape index (κ2) is 3.50. The van der Waals surface area contributed by atoms with Gasteiger partial charge < -0.3 is 0 Å². The quantitative estimate of drug-likeness (QED) is 0.575.